The van der Waals surface area contributed by atoms with Gasteiger partial charge in [0, 0.05) is 10.7 Å². The monoisotopic (exact) mass is 215 g/mol. The van der Waals surface area contributed by atoms with Gasteiger partial charge in [0.1, 0.15) is 0 Å². The zero-order valence-electron chi connectivity index (χ0n) is 5.84. The quantitative estimate of drug-likeness (QED) is 0.779. The molecule has 0 saturated heterocycles. The zero-order valence-corrected chi connectivity index (χ0v) is 7.42. The van der Waals surface area contributed by atoms with Gasteiger partial charge in [-0.2, -0.15) is 0 Å². The molecular formula is C7H6BrNO2. The lowest BCUT2D eigenvalue weighted by molar-refractivity contribution is 0.0695. The van der Waals surface area contributed by atoms with Crippen LogP contribution in [0.25, 0.3) is 0 Å². The molecule has 4 heteroatoms. The van der Waals surface area contributed by atoms with E-state index in [2.05, 4.69) is 20.9 Å². The van der Waals surface area contributed by atoms with Crippen LogP contribution in [0.4, 0.5) is 0 Å². The molecule has 0 aliphatic heterocycles. The van der Waals surface area contributed by atoms with Crippen LogP contribution in [-0.4, -0.2) is 16.1 Å². The van der Waals surface area contributed by atoms with Crippen molar-refractivity contribution in [3.63, 3.8) is 0 Å². The third kappa shape index (κ3) is 1.77. The summed E-state index contributed by atoms with van der Waals surface area (Å²) in [4.78, 5) is 14.4. The fourth-order valence-electron chi connectivity index (χ4n) is 0.724. The first kappa shape index (κ1) is 8.20. The molecule has 3 nitrogen and oxygen atoms in total. The fourth-order valence-corrected chi connectivity index (χ4v) is 1.06. The van der Waals surface area contributed by atoms with Crippen LogP contribution < -0.4 is 0 Å². The molecule has 0 atom stereocenters. The molecule has 11 heavy (non-hydrogen) atoms. The Morgan fingerprint density at radius 2 is 2.36 bits per heavy atom. The molecule has 0 amide bonds. The summed E-state index contributed by atoms with van der Waals surface area (Å²) in [5.74, 6) is -0.948. The standard InChI is InChI=1S/C7H6BrNO2/c1-4-6(7(10)11)2-5(8)3-9-4/h2-3H,1H3,(H,10,11). The van der Waals surface area contributed by atoms with E-state index in [-0.39, 0.29) is 5.56 Å². The van der Waals surface area contributed by atoms with Crippen LogP contribution in [0.1, 0.15) is 16.1 Å². The van der Waals surface area contributed by atoms with E-state index in [0.29, 0.717) is 10.2 Å². The van der Waals surface area contributed by atoms with Gasteiger partial charge >= 0.3 is 5.97 Å². The predicted octanol–water partition coefficient (Wildman–Crippen LogP) is 1.85. The number of hydrogen-bond donors (Lipinski definition) is 1. The van der Waals surface area contributed by atoms with Crippen molar-refractivity contribution in [3.05, 3.63) is 28.0 Å². The van der Waals surface area contributed by atoms with Gasteiger partial charge in [0.25, 0.3) is 0 Å². The summed E-state index contributed by atoms with van der Waals surface area (Å²) in [7, 11) is 0. The van der Waals surface area contributed by atoms with Gasteiger partial charge < -0.3 is 5.11 Å². The predicted molar refractivity (Wildman–Crippen MR) is 43.6 cm³/mol. The molecule has 0 aromatic carbocycles. The summed E-state index contributed by atoms with van der Waals surface area (Å²) in [6, 6.07) is 1.53. The molecule has 0 aliphatic rings. The lowest BCUT2D eigenvalue weighted by Gasteiger charge is -1.98. The molecular weight excluding hydrogens is 210 g/mol. The van der Waals surface area contributed by atoms with Crippen molar-refractivity contribution in [1.29, 1.82) is 0 Å². The molecule has 0 saturated carbocycles. The number of carboxylic acids is 1. The summed E-state index contributed by atoms with van der Waals surface area (Å²) in [6.45, 7) is 1.66. The van der Waals surface area contributed by atoms with Crippen LogP contribution in [0, 0.1) is 6.92 Å². The largest absolute Gasteiger partial charge is 0.478 e. The summed E-state index contributed by atoms with van der Waals surface area (Å²) < 4.78 is 0.681. The highest BCUT2D eigenvalue weighted by Crippen LogP contribution is 2.12. The van der Waals surface area contributed by atoms with Crippen LogP contribution in [0.3, 0.4) is 0 Å². The van der Waals surface area contributed by atoms with Crippen LogP contribution in [0.2, 0.25) is 0 Å². The molecule has 0 bridgehead atoms. The van der Waals surface area contributed by atoms with Gasteiger partial charge in [0.15, 0.2) is 0 Å². The number of hydrogen-bond acceptors (Lipinski definition) is 2. The van der Waals surface area contributed by atoms with E-state index in [0.717, 1.165) is 0 Å². The van der Waals surface area contributed by atoms with Crippen LogP contribution in [0.15, 0.2) is 16.7 Å². The van der Waals surface area contributed by atoms with Crippen LogP contribution in [0.5, 0.6) is 0 Å². The van der Waals surface area contributed by atoms with Gasteiger partial charge in [-0.1, -0.05) is 0 Å². The van der Waals surface area contributed by atoms with Gasteiger partial charge in [0.05, 0.1) is 11.3 Å². The molecule has 1 heterocycles. The molecule has 0 aliphatic carbocycles. The van der Waals surface area contributed by atoms with E-state index < -0.39 is 5.97 Å². The Bertz CT molecular complexity index is 298. The molecule has 1 aromatic heterocycles. The number of carboxylic acid groups (broad SMARTS) is 1. The average Bonchev–Trinajstić information content (AvgIpc) is 1.94. The molecule has 0 radical (unpaired) electrons. The Hall–Kier alpha value is -0.900. The number of rotatable bonds is 1. The highest BCUT2D eigenvalue weighted by atomic mass is 79.9. The lowest BCUT2D eigenvalue weighted by Crippen LogP contribution is -2.00. The number of halogens is 1. The van der Waals surface area contributed by atoms with Gasteiger partial charge in [-0.05, 0) is 28.9 Å². The minimum atomic E-state index is -0.948. The minimum Gasteiger partial charge on any atom is -0.478 e. The Kier molecular flexibility index (Phi) is 2.24. The Morgan fingerprint density at radius 1 is 1.73 bits per heavy atom. The highest BCUT2D eigenvalue weighted by molar-refractivity contribution is 9.10. The smallest absolute Gasteiger partial charge is 0.337 e. The fraction of sp³-hybridized carbons (Fsp3) is 0.143. The van der Waals surface area contributed by atoms with Crippen molar-refractivity contribution >= 4 is 21.9 Å². The normalized spacial score (nSPS) is 9.64. The van der Waals surface area contributed by atoms with E-state index in [1.54, 1.807) is 13.1 Å². The molecule has 1 N–H and O–H groups in total. The lowest BCUT2D eigenvalue weighted by atomic mass is 10.2. The maximum absolute atomic E-state index is 10.5. The van der Waals surface area contributed by atoms with Crippen molar-refractivity contribution in [1.82, 2.24) is 4.98 Å². The number of nitrogens with zero attached hydrogens (tertiary/aromatic N) is 1. The van der Waals surface area contributed by atoms with Gasteiger partial charge in [-0.3, -0.25) is 4.98 Å². The van der Waals surface area contributed by atoms with Crippen molar-refractivity contribution in [2.45, 2.75) is 6.92 Å². The number of pyridine rings is 1. The zero-order chi connectivity index (χ0) is 8.43. The maximum atomic E-state index is 10.5. The highest BCUT2D eigenvalue weighted by Gasteiger charge is 2.07. The summed E-state index contributed by atoms with van der Waals surface area (Å²) in [5, 5.41) is 8.63. The van der Waals surface area contributed by atoms with Crippen LogP contribution >= 0.6 is 15.9 Å². The third-order valence-corrected chi connectivity index (χ3v) is 1.72. The summed E-state index contributed by atoms with van der Waals surface area (Å²) in [5.41, 5.74) is 0.764. The molecule has 0 fully saturated rings. The van der Waals surface area contributed by atoms with Gasteiger partial charge in [-0.15, -0.1) is 0 Å². The summed E-state index contributed by atoms with van der Waals surface area (Å²) >= 11 is 3.14. The van der Waals surface area contributed by atoms with E-state index in [1.165, 1.54) is 6.07 Å². The first-order valence-corrected chi connectivity index (χ1v) is 3.76. The van der Waals surface area contributed by atoms with E-state index in [1.807, 2.05) is 0 Å². The minimum absolute atomic E-state index is 0.236. The average molecular weight is 216 g/mol. The second-order valence-corrected chi connectivity index (χ2v) is 3.01. The Balaban J connectivity index is 3.23. The second-order valence-electron chi connectivity index (χ2n) is 2.09. The van der Waals surface area contributed by atoms with E-state index in [4.69, 9.17) is 5.11 Å². The molecule has 0 spiro atoms. The van der Waals surface area contributed by atoms with Gasteiger partial charge in [-0.25, -0.2) is 4.79 Å². The first-order valence-electron chi connectivity index (χ1n) is 2.96. The second kappa shape index (κ2) is 3.00. The topological polar surface area (TPSA) is 50.2 Å². The summed E-state index contributed by atoms with van der Waals surface area (Å²) in [6.07, 6.45) is 1.57. The van der Waals surface area contributed by atoms with E-state index in [9.17, 15) is 4.79 Å². The van der Waals surface area contributed by atoms with Crippen molar-refractivity contribution < 1.29 is 9.90 Å². The number of aromatic carboxylic acids is 1. The molecule has 1 aromatic rings. The number of aromatic nitrogens is 1. The Labute approximate surface area is 72.2 Å². The number of aryl methyl sites for hydroxylation is 1. The molecule has 58 valence electrons. The van der Waals surface area contributed by atoms with Crippen molar-refractivity contribution in [2.24, 2.45) is 0 Å². The van der Waals surface area contributed by atoms with Crippen molar-refractivity contribution in [2.75, 3.05) is 0 Å². The van der Waals surface area contributed by atoms with E-state index >= 15 is 0 Å². The molecule has 1 rings (SSSR count). The molecule has 0 unspecified atom stereocenters. The third-order valence-electron chi connectivity index (χ3n) is 1.28. The van der Waals surface area contributed by atoms with Crippen LogP contribution in [-0.2, 0) is 0 Å². The van der Waals surface area contributed by atoms with Gasteiger partial charge in [0.2, 0.25) is 0 Å². The number of carbonyl (C=O) groups is 1. The SMILES string of the molecule is Cc1ncc(Br)cc1C(=O)O. The van der Waals surface area contributed by atoms with Crippen molar-refractivity contribution in [3.8, 4) is 0 Å². The first-order chi connectivity index (χ1) is 5.11. The maximum Gasteiger partial charge on any atom is 0.337 e. The Morgan fingerprint density at radius 3 is 2.82 bits per heavy atom.